The van der Waals surface area contributed by atoms with Gasteiger partial charge in [-0.1, -0.05) is 61.3 Å². The van der Waals surface area contributed by atoms with Crippen molar-refractivity contribution in [3.8, 4) is 0 Å². The fourth-order valence-electron chi connectivity index (χ4n) is 9.04. The van der Waals surface area contributed by atoms with Gasteiger partial charge in [-0.25, -0.2) is 4.18 Å². The molecule has 8 unspecified atom stereocenters. The van der Waals surface area contributed by atoms with E-state index in [2.05, 4.69) is 25.0 Å². The minimum atomic E-state index is -4.30. The summed E-state index contributed by atoms with van der Waals surface area (Å²) in [6.07, 6.45) is 16.0. The number of hydrogen-bond acceptors (Lipinski definition) is 3. The Bertz CT molecular complexity index is 692. The van der Waals surface area contributed by atoms with Gasteiger partial charge in [0.05, 0.1) is 6.61 Å². The van der Waals surface area contributed by atoms with Crippen molar-refractivity contribution in [1.29, 1.82) is 0 Å². The molecule has 4 saturated carbocycles. The van der Waals surface area contributed by atoms with E-state index in [1.165, 1.54) is 64.2 Å². The molecule has 33 heavy (non-hydrogen) atoms. The second kappa shape index (κ2) is 12.2. The number of fused-ring (bicyclic) bond motifs is 5. The summed E-state index contributed by atoms with van der Waals surface area (Å²) in [5.41, 5.74) is 1.07. The molecular formula is C28H54O4S. The second-order valence-corrected chi connectivity index (χ2v) is 12.6. The smallest absolute Gasteiger partial charge is 0.264 e. The van der Waals surface area contributed by atoms with Crippen molar-refractivity contribution >= 4 is 10.4 Å². The van der Waals surface area contributed by atoms with Crippen molar-refractivity contribution in [2.45, 2.75) is 126 Å². The Labute approximate surface area is 206 Å². The van der Waals surface area contributed by atoms with E-state index in [1.807, 2.05) is 27.7 Å². The molecule has 196 valence electrons. The van der Waals surface area contributed by atoms with E-state index in [-0.39, 0.29) is 6.61 Å². The summed E-state index contributed by atoms with van der Waals surface area (Å²) in [5.74, 6) is 5.11. The third-order valence-corrected chi connectivity index (χ3v) is 10.8. The van der Waals surface area contributed by atoms with E-state index >= 15 is 0 Å². The third-order valence-electron chi connectivity index (χ3n) is 10.4. The van der Waals surface area contributed by atoms with E-state index in [0.717, 1.165) is 36.0 Å². The zero-order valence-electron chi connectivity index (χ0n) is 22.7. The zero-order chi connectivity index (χ0) is 24.9. The van der Waals surface area contributed by atoms with Crippen LogP contribution in [0.2, 0.25) is 0 Å². The molecule has 4 aliphatic rings. The topological polar surface area (TPSA) is 63.6 Å². The van der Waals surface area contributed by atoms with Gasteiger partial charge in [-0.3, -0.25) is 4.55 Å². The van der Waals surface area contributed by atoms with Crippen LogP contribution < -0.4 is 0 Å². The van der Waals surface area contributed by atoms with Crippen molar-refractivity contribution in [3.63, 3.8) is 0 Å². The molecule has 0 spiro atoms. The Morgan fingerprint density at radius 3 is 2.21 bits per heavy atom. The zero-order valence-corrected chi connectivity index (χ0v) is 23.6. The van der Waals surface area contributed by atoms with Crippen LogP contribution in [0.4, 0.5) is 0 Å². The fraction of sp³-hybridized carbons (Fsp3) is 1.00. The summed E-state index contributed by atoms with van der Waals surface area (Å²) in [5, 5.41) is 0. The first-order chi connectivity index (χ1) is 15.7. The highest BCUT2D eigenvalue weighted by molar-refractivity contribution is 7.80. The van der Waals surface area contributed by atoms with Gasteiger partial charge in [0, 0.05) is 0 Å². The van der Waals surface area contributed by atoms with Crippen LogP contribution >= 0.6 is 0 Å². The average Bonchev–Trinajstić information content (AvgIpc) is 3.15. The first kappa shape index (κ1) is 29.1. The SMILES string of the molecule is CC.CC.CC(CCCOS(=O)(=O)O)C1CCC2C3CCC4CCCCC4(C)C3CCC12C. The third kappa shape index (κ3) is 6.17. The standard InChI is InChI=1S/C24H42O4S.2C2H6/c1-17(7-6-16-28-29(25,26)27)20-11-12-21-19-10-9-18-8-4-5-14-23(18,2)22(19)13-15-24(20,21)3;2*1-2/h17-22H,4-16H2,1-3H3,(H,25,26,27);2*1-2H3. The van der Waals surface area contributed by atoms with E-state index in [1.54, 1.807) is 0 Å². The Kier molecular flexibility index (Phi) is 10.8. The van der Waals surface area contributed by atoms with Gasteiger partial charge in [0.2, 0.25) is 0 Å². The maximum atomic E-state index is 10.8. The highest BCUT2D eigenvalue weighted by Gasteiger charge is 2.59. The van der Waals surface area contributed by atoms with Crippen molar-refractivity contribution in [2.75, 3.05) is 6.61 Å². The molecule has 4 fully saturated rings. The molecule has 0 aliphatic heterocycles. The van der Waals surface area contributed by atoms with Crippen LogP contribution in [0, 0.1) is 46.3 Å². The Morgan fingerprint density at radius 2 is 1.55 bits per heavy atom. The van der Waals surface area contributed by atoms with Gasteiger partial charge in [-0.15, -0.1) is 0 Å². The molecule has 0 bridgehead atoms. The lowest BCUT2D eigenvalue weighted by Crippen LogP contribution is -2.53. The first-order valence-electron chi connectivity index (χ1n) is 14.3. The van der Waals surface area contributed by atoms with E-state index in [4.69, 9.17) is 4.55 Å². The molecule has 0 amide bonds. The van der Waals surface area contributed by atoms with E-state index in [9.17, 15) is 8.42 Å². The number of rotatable bonds is 6. The maximum Gasteiger partial charge on any atom is 0.397 e. The quantitative estimate of drug-likeness (QED) is 0.303. The molecule has 4 aliphatic carbocycles. The lowest BCUT2D eigenvalue weighted by atomic mass is 9.44. The van der Waals surface area contributed by atoms with E-state index < -0.39 is 10.4 Å². The first-order valence-corrected chi connectivity index (χ1v) is 15.6. The van der Waals surface area contributed by atoms with Gasteiger partial charge in [-0.05, 0) is 111 Å². The van der Waals surface area contributed by atoms with Crippen molar-refractivity contribution in [1.82, 2.24) is 0 Å². The minimum Gasteiger partial charge on any atom is -0.264 e. The normalized spacial score (nSPS) is 40.7. The van der Waals surface area contributed by atoms with Crippen molar-refractivity contribution in [3.05, 3.63) is 0 Å². The van der Waals surface area contributed by atoms with Crippen LogP contribution in [0.25, 0.3) is 0 Å². The lowest BCUT2D eigenvalue weighted by molar-refractivity contribution is -0.114. The highest BCUT2D eigenvalue weighted by Crippen LogP contribution is 2.68. The van der Waals surface area contributed by atoms with Crippen LogP contribution in [0.1, 0.15) is 126 Å². The van der Waals surface area contributed by atoms with E-state index in [0.29, 0.717) is 23.2 Å². The molecule has 0 radical (unpaired) electrons. The Hall–Kier alpha value is -0.130. The summed E-state index contributed by atoms with van der Waals surface area (Å²) in [4.78, 5) is 0. The van der Waals surface area contributed by atoms with Crippen LogP contribution in [0.3, 0.4) is 0 Å². The summed E-state index contributed by atoms with van der Waals surface area (Å²) in [6, 6.07) is 0. The van der Waals surface area contributed by atoms with Crippen LogP contribution in [-0.4, -0.2) is 19.6 Å². The predicted molar refractivity (Wildman–Crippen MR) is 138 cm³/mol. The summed E-state index contributed by atoms with van der Waals surface area (Å²) < 4.78 is 34.8. The largest absolute Gasteiger partial charge is 0.397 e. The molecular weight excluding hydrogens is 432 g/mol. The molecule has 0 saturated heterocycles. The second-order valence-electron chi connectivity index (χ2n) is 11.5. The maximum absolute atomic E-state index is 10.8. The molecule has 4 nitrogen and oxygen atoms in total. The highest BCUT2D eigenvalue weighted by atomic mass is 32.3. The van der Waals surface area contributed by atoms with Gasteiger partial charge >= 0.3 is 10.4 Å². The lowest BCUT2D eigenvalue weighted by Gasteiger charge is -2.61. The summed E-state index contributed by atoms with van der Waals surface area (Å²) >= 11 is 0. The summed E-state index contributed by atoms with van der Waals surface area (Å²) in [6.45, 7) is 15.7. The van der Waals surface area contributed by atoms with Crippen LogP contribution in [0.5, 0.6) is 0 Å². The van der Waals surface area contributed by atoms with Gasteiger partial charge < -0.3 is 0 Å². The molecule has 0 aromatic carbocycles. The average molecular weight is 487 g/mol. The molecule has 0 aromatic rings. The Morgan fingerprint density at radius 1 is 0.879 bits per heavy atom. The van der Waals surface area contributed by atoms with Gasteiger partial charge in [0.15, 0.2) is 0 Å². The van der Waals surface area contributed by atoms with Crippen LogP contribution in [-0.2, 0) is 14.6 Å². The van der Waals surface area contributed by atoms with Gasteiger partial charge in [0.25, 0.3) is 0 Å². The molecule has 0 heterocycles. The van der Waals surface area contributed by atoms with Crippen molar-refractivity contribution < 1.29 is 17.2 Å². The number of hydrogen-bond donors (Lipinski definition) is 1. The fourth-order valence-corrected chi connectivity index (χ4v) is 9.37. The monoisotopic (exact) mass is 486 g/mol. The summed E-state index contributed by atoms with van der Waals surface area (Å²) in [7, 11) is -4.30. The van der Waals surface area contributed by atoms with Crippen molar-refractivity contribution in [2.24, 2.45) is 46.3 Å². The van der Waals surface area contributed by atoms with Crippen LogP contribution in [0.15, 0.2) is 0 Å². The predicted octanol–water partition coefficient (Wildman–Crippen LogP) is 8.32. The molecule has 1 N–H and O–H groups in total. The van der Waals surface area contributed by atoms with Gasteiger partial charge in [0.1, 0.15) is 0 Å². The molecule has 4 rings (SSSR count). The van der Waals surface area contributed by atoms with Gasteiger partial charge in [-0.2, -0.15) is 8.42 Å². The minimum absolute atomic E-state index is 0.0977. The molecule has 5 heteroatoms. The molecule has 0 aromatic heterocycles. The molecule has 8 atom stereocenters. The Balaban J connectivity index is 0.000000914.